The Hall–Kier alpha value is -2.12. The third-order valence-electron chi connectivity index (χ3n) is 3.14. The normalized spacial score (nSPS) is 16.6. The van der Waals surface area contributed by atoms with Crippen LogP contribution in [0.4, 0.5) is 10.8 Å². The van der Waals surface area contributed by atoms with Gasteiger partial charge in [0.15, 0.2) is 10.3 Å². The molecule has 0 bridgehead atoms. The van der Waals surface area contributed by atoms with E-state index in [9.17, 15) is 4.79 Å². The Morgan fingerprint density at radius 2 is 2.00 bits per heavy atom. The summed E-state index contributed by atoms with van der Waals surface area (Å²) in [5.41, 5.74) is 2.04. The average Bonchev–Trinajstić information content (AvgIpc) is 3.09. The van der Waals surface area contributed by atoms with Crippen LogP contribution in [0, 0.1) is 5.41 Å². The molecule has 1 aliphatic heterocycles. The zero-order valence-electron chi connectivity index (χ0n) is 12.1. The molecule has 1 fully saturated rings. The molecule has 0 radical (unpaired) electrons. The van der Waals surface area contributed by atoms with E-state index in [2.05, 4.69) is 4.98 Å². The van der Waals surface area contributed by atoms with Crippen LogP contribution in [0.25, 0.3) is 6.08 Å². The van der Waals surface area contributed by atoms with Crippen LogP contribution < -0.4 is 9.80 Å². The van der Waals surface area contributed by atoms with Gasteiger partial charge < -0.3 is 4.90 Å². The van der Waals surface area contributed by atoms with Gasteiger partial charge >= 0.3 is 0 Å². The fourth-order valence-corrected chi connectivity index (χ4v) is 3.55. The van der Waals surface area contributed by atoms with Crippen LogP contribution in [0.15, 0.2) is 40.7 Å². The summed E-state index contributed by atoms with van der Waals surface area (Å²) >= 11 is 2.51. The number of benzene rings is 1. The lowest BCUT2D eigenvalue weighted by Gasteiger charge is -2.11. The molecule has 1 aromatic carbocycles. The molecule has 1 saturated heterocycles. The van der Waals surface area contributed by atoms with Crippen molar-refractivity contribution in [2.75, 3.05) is 23.9 Å². The summed E-state index contributed by atoms with van der Waals surface area (Å²) < 4.78 is 0. The Labute approximate surface area is 136 Å². The third-order valence-corrected chi connectivity index (χ3v) is 4.79. The minimum Gasteiger partial charge on any atom is -0.378 e. The highest BCUT2D eigenvalue weighted by Crippen LogP contribution is 2.35. The fraction of sp³-hybridized carbons (Fsp3) is 0.133. The molecule has 5 nitrogen and oxygen atoms in total. The van der Waals surface area contributed by atoms with Gasteiger partial charge in [-0.15, -0.1) is 11.3 Å². The van der Waals surface area contributed by atoms with E-state index in [1.54, 1.807) is 11.6 Å². The SMILES string of the molecule is CN(C)c1ccc(/C=C2/SC(=N)N(c3nccs3)C2=O)cc1. The molecule has 0 spiro atoms. The topological polar surface area (TPSA) is 60.3 Å². The van der Waals surface area contributed by atoms with Crippen LogP contribution in [0.3, 0.4) is 0 Å². The van der Waals surface area contributed by atoms with Gasteiger partial charge in [-0.05, 0) is 35.5 Å². The number of carbonyl (C=O) groups is 1. The predicted molar refractivity (Wildman–Crippen MR) is 93.7 cm³/mol. The lowest BCUT2D eigenvalue weighted by atomic mass is 10.2. The van der Waals surface area contributed by atoms with Gasteiger partial charge in [0, 0.05) is 31.4 Å². The highest BCUT2D eigenvalue weighted by molar-refractivity contribution is 8.19. The van der Waals surface area contributed by atoms with E-state index < -0.39 is 0 Å². The largest absolute Gasteiger partial charge is 0.378 e. The highest BCUT2D eigenvalue weighted by atomic mass is 32.2. The van der Waals surface area contributed by atoms with Gasteiger partial charge in [0.2, 0.25) is 0 Å². The van der Waals surface area contributed by atoms with E-state index in [4.69, 9.17) is 5.41 Å². The lowest BCUT2D eigenvalue weighted by Crippen LogP contribution is -2.27. The summed E-state index contributed by atoms with van der Waals surface area (Å²) in [4.78, 5) is 20.5. The van der Waals surface area contributed by atoms with E-state index in [-0.39, 0.29) is 11.1 Å². The number of hydrogen-bond donors (Lipinski definition) is 1. The van der Waals surface area contributed by atoms with E-state index in [0.717, 1.165) is 23.0 Å². The van der Waals surface area contributed by atoms with E-state index in [0.29, 0.717) is 10.0 Å². The molecular formula is C15H14N4OS2. The van der Waals surface area contributed by atoms with E-state index in [1.165, 1.54) is 16.2 Å². The van der Waals surface area contributed by atoms with Crippen molar-refractivity contribution in [1.82, 2.24) is 4.98 Å². The first-order valence-electron chi connectivity index (χ1n) is 6.55. The molecule has 2 heterocycles. The van der Waals surface area contributed by atoms with E-state index in [1.807, 2.05) is 49.3 Å². The standard InChI is InChI=1S/C15H14N4OS2/c1-18(2)11-5-3-10(4-6-11)9-12-13(20)19(14(16)22-12)15-17-7-8-21-15/h3-9,16H,1-2H3/b12-9+,16-14?. The van der Waals surface area contributed by atoms with Crippen molar-refractivity contribution >= 4 is 51.1 Å². The molecule has 22 heavy (non-hydrogen) atoms. The molecule has 7 heteroatoms. The number of nitrogens with zero attached hydrogens (tertiary/aromatic N) is 3. The Kier molecular flexibility index (Phi) is 4.00. The molecule has 0 saturated carbocycles. The van der Waals surface area contributed by atoms with Crippen molar-refractivity contribution in [3.8, 4) is 0 Å². The molecule has 0 aliphatic carbocycles. The van der Waals surface area contributed by atoms with Crippen molar-refractivity contribution in [3.63, 3.8) is 0 Å². The monoisotopic (exact) mass is 330 g/mol. The van der Waals surface area contributed by atoms with Crippen LogP contribution in [0.5, 0.6) is 0 Å². The number of carbonyl (C=O) groups excluding carboxylic acids is 1. The molecule has 1 aliphatic rings. The summed E-state index contributed by atoms with van der Waals surface area (Å²) in [6.45, 7) is 0. The van der Waals surface area contributed by atoms with Crippen molar-refractivity contribution in [2.45, 2.75) is 0 Å². The number of rotatable bonds is 3. The summed E-state index contributed by atoms with van der Waals surface area (Å²) in [7, 11) is 3.97. The number of hydrogen-bond acceptors (Lipinski definition) is 6. The van der Waals surface area contributed by atoms with Gasteiger partial charge in [-0.25, -0.2) is 9.88 Å². The molecule has 2 aromatic rings. The van der Waals surface area contributed by atoms with Gasteiger partial charge in [-0.2, -0.15) is 0 Å². The second-order valence-corrected chi connectivity index (χ2v) is 6.76. The summed E-state index contributed by atoms with van der Waals surface area (Å²) in [5, 5.41) is 10.5. The van der Waals surface area contributed by atoms with Gasteiger partial charge in [0.05, 0.1) is 4.91 Å². The summed E-state index contributed by atoms with van der Waals surface area (Å²) in [6, 6.07) is 7.93. The van der Waals surface area contributed by atoms with Gasteiger partial charge in [0.25, 0.3) is 5.91 Å². The zero-order valence-corrected chi connectivity index (χ0v) is 13.7. The van der Waals surface area contributed by atoms with Crippen LogP contribution in [0.1, 0.15) is 5.56 Å². The second-order valence-electron chi connectivity index (χ2n) is 4.86. The molecule has 0 unspecified atom stereocenters. The number of amidine groups is 1. The van der Waals surface area contributed by atoms with Gasteiger partial charge in [-0.1, -0.05) is 12.1 Å². The Morgan fingerprint density at radius 1 is 1.27 bits per heavy atom. The quantitative estimate of drug-likeness (QED) is 0.878. The first-order chi connectivity index (χ1) is 10.6. The van der Waals surface area contributed by atoms with Crippen molar-refractivity contribution in [2.24, 2.45) is 0 Å². The second kappa shape index (κ2) is 5.94. The van der Waals surface area contributed by atoms with E-state index >= 15 is 0 Å². The average molecular weight is 330 g/mol. The van der Waals surface area contributed by atoms with Gasteiger partial charge in [-0.3, -0.25) is 10.2 Å². The minimum absolute atomic E-state index is 0.191. The third kappa shape index (κ3) is 2.77. The molecule has 1 aromatic heterocycles. The predicted octanol–water partition coefficient (Wildman–Crippen LogP) is 3.26. The number of amides is 1. The van der Waals surface area contributed by atoms with Crippen LogP contribution in [-0.4, -0.2) is 30.2 Å². The highest BCUT2D eigenvalue weighted by Gasteiger charge is 2.34. The number of thiazole rings is 1. The zero-order chi connectivity index (χ0) is 15.7. The maximum absolute atomic E-state index is 12.4. The van der Waals surface area contributed by atoms with Crippen molar-refractivity contribution in [3.05, 3.63) is 46.3 Å². The molecule has 1 amide bonds. The Balaban J connectivity index is 1.86. The Morgan fingerprint density at radius 3 is 2.59 bits per heavy atom. The molecular weight excluding hydrogens is 316 g/mol. The number of anilines is 2. The molecule has 0 atom stereocenters. The first-order valence-corrected chi connectivity index (χ1v) is 8.25. The van der Waals surface area contributed by atoms with Crippen LogP contribution in [0.2, 0.25) is 0 Å². The fourth-order valence-electron chi connectivity index (χ4n) is 2.01. The molecule has 112 valence electrons. The van der Waals surface area contributed by atoms with Crippen LogP contribution >= 0.6 is 23.1 Å². The summed E-state index contributed by atoms with van der Waals surface area (Å²) in [5.74, 6) is -0.193. The number of thioether (sulfide) groups is 1. The van der Waals surface area contributed by atoms with Crippen molar-refractivity contribution in [1.29, 1.82) is 5.41 Å². The van der Waals surface area contributed by atoms with Crippen molar-refractivity contribution < 1.29 is 4.79 Å². The first kappa shape index (κ1) is 14.8. The smallest absolute Gasteiger partial charge is 0.273 e. The Bertz CT molecular complexity index is 735. The summed E-state index contributed by atoms with van der Waals surface area (Å²) in [6.07, 6.45) is 3.45. The molecule has 3 rings (SSSR count). The maximum atomic E-state index is 12.4. The van der Waals surface area contributed by atoms with Gasteiger partial charge in [0.1, 0.15) is 0 Å². The minimum atomic E-state index is -0.193. The van der Waals surface area contributed by atoms with Crippen LogP contribution in [-0.2, 0) is 4.79 Å². The maximum Gasteiger partial charge on any atom is 0.273 e. The number of aromatic nitrogens is 1. The lowest BCUT2D eigenvalue weighted by molar-refractivity contribution is -0.113. The number of nitrogens with one attached hydrogen (secondary N) is 1. The molecule has 1 N–H and O–H groups in total.